The lowest BCUT2D eigenvalue weighted by atomic mass is 9.97. The van der Waals surface area contributed by atoms with E-state index in [2.05, 4.69) is 22.0 Å². The lowest BCUT2D eigenvalue weighted by molar-refractivity contribution is 0.376. The fraction of sp³-hybridized carbons (Fsp3) is 0.500. The second kappa shape index (κ2) is 5.95. The first-order valence-electron chi connectivity index (χ1n) is 8.83. The van der Waals surface area contributed by atoms with Crippen molar-refractivity contribution in [3.05, 3.63) is 34.5 Å². The number of rotatable bonds is 3. The molecule has 2 aliphatic rings. The van der Waals surface area contributed by atoms with Gasteiger partial charge in [-0.05, 0) is 44.2 Å². The zero-order valence-corrected chi connectivity index (χ0v) is 15.6. The average molecular weight is 375 g/mol. The molecule has 1 aliphatic carbocycles. The van der Waals surface area contributed by atoms with Gasteiger partial charge in [-0.25, -0.2) is 4.98 Å². The summed E-state index contributed by atoms with van der Waals surface area (Å²) in [4.78, 5) is 7.19. The highest BCUT2D eigenvalue weighted by atomic mass is 35.5. The van der Waals surface area contributed by atoms with Crippen LogP contribution in [0.3, 0.4) is 0 Å². The third kappa shape index (κ3) is 2.81. The largest absolute Gasteiger partial charge is 0.425 e. The SMILES string of the molecule is Cc1ccc(Cl)c2sc(N3CCC(c4nnc(C5CC5)o4)CC3)nc12. The molecule has 130 valence electrons. The molecule has 0 N–H and O–H groups in total. The minimum Gasteiger partial charge on any atom is -0.425 e. The molecule has 1 aliphatic heterocycles. The highest BCUT2D eigenvalue weighted by Crippen LogP contribution is 2.41. The maximum Gasteiger partial charge on any atom is 0.219 e. The minimum absolute atomic E-state index is 0.371. The topological polar surface area (TPSA) is 55.1 Å². The molecule has 2 fully saturated rings. The summed E-state index contributed by atoms with van der Waals surface area (Å²) >= 11 is 8.03. The van der Waals surface area contributed by atoms with Crippen LogP contribution in [-0.4, -0.2) is 28.3 Å². The van der Waals surface area contributed by atoms with Gasteiger partial charge in [0.2, 0.25) is 11.8 Å². The van der Waals surface area contributed by atoms with Crippen LogP contribution in [0.2, 0.25) is 5.02 Å². The van der Waals surface area contributed by atoms with Crippen molar-refractivity contribution in [2.45, 2.75) is 44.4 Å². The van der Waals surface area contributed by atoms with E-state index in [1.54, 1.807) is 11.3 Å². The summed E-state index contributed by atoms with van der Waals surface area (Å²) in [5, 5.41) is 10.4. The smallest absolute Gasteiger partial charge is 0.219 e. The predicted octanol–water partition coefficient (Wildman–Crippen LogP) is 4.90. The van der Waals surface area contributed by atoms with Crippen molar-refractivity contribution < 1.29 is 4.42 Å². The number of halogens is 1. The monoisotopic (exact) mass is 374 g/mol. The second-order valence-electron chi connectivity index (χ2n) is 7.05. The van der Waals surface area contributed by atoms with E-state index in [4.69, 9.17) is 21.0 Å². The van der Waals surface area contributed by atoms with Gasteiger partial charge in [-0.3, -0.25) is 0 Å². The maximum absolute atomic E-state index is 6.34. The second-order valence-corrected chi connectivity index (χ2v) is 8.44. The molecule has 1 aromatic carbocycles. The third-order valence-corrected chi connectivity index (χ3v) is 6.76. The molecule has 1 saturated heterocycles. The van der Waals surface area contributed by atoms with Gasteiger partial charge in [0.15, 0.2) is 5.13 Å². The van der Waals surface area contributed by atoms with Crippen molar-refractivity contribution in [3.8, 4) is 0 Å². The Morgan fingerprint density at radius 2 is 1.76 bits per heavy atom. The van der Waals surface area contributed by atoms with Gasteiger partial charge in [-0.2, -0.15) is 0 Å². The molecule has 3 aromatic rings. The van der Waals surface area contributed by atoms with E-state index in [0.717, 1.165) is 58.1 Å². The van der Waals surface area contributed by atoms with Crippen molar-refractivity contribution in [1.29, 1.82) is 0 Å². The van der Waals surface area contributed by atoms with Crippen molar-refractivity contribution in [2.75, 3.05) is 18.0 Å². The predicted molar refractivity (Wildman–Crippen MR) is 99.8 cm³/mol. The number of aromatic nitrogens is 3. The molecule has 0 spiro atoms. The van der Waals surface area contributed by atoms with Crippen LogP contribution in [0.25, 0.3) is 10.2 Å². The van der Waals surface area contributed by atoms with Gasteiger partial charge >= 0.3 is 0 Å². The van der Waals surface area contributed by atoms with E-state index in [-0.39, 0.29) is 0 Å². The van der Waals surface area contributed by atoms with E-state index in [9.17, 15) is 0 Å². The molecular weight excluding hydrogens is 356 g/mol. The number of anilines is 1. The molecule has 2 aromatic heterocycles. The van der Waals surface area contributed by atoms with E-state index < -0.39 is 0 Å². The van der Waals surface area contributed by atoms with Crippen LogP contribution in [0.1, 0.15) is 54.9 Å². The van der Waals surface area contributed by atoms with E-state index >= 15 is 0 Å². The molecule has 3 heterocycles. The van der Waals surface area contributed by atoms with Gasteiger partial charge < -0.3 is 9.32 Å². The normalized spacial score (nSPS) is 19.0. The highest BCUT2D eigenvalue weighted by Gasteiger charge is 2.32. The van der Waals surface area contributed by atoms with Crippen molar-refractivity contribution >= 4 is 38.3 Å². The number of hydrogen-bond acceptors (Lipinski definition) is 6. The molecule has 0 bridgehead atoms. The van der Waals surface area contributed by atoms with Crippen LogP contribution < -0.4 is 4.90 Å². The Morgan fingerprint density at radius 1 is 1.08 bits per heavy atom. The van der Waals surface area contributed by atoms with E-state index in [0.29, 0.717) is 11.8 Å². The summed E-state index contributed by atoms with van der Waals surface area (Å²) in [6, 6.07) is 3.99. The number of fused-ring (bicyclic) bond motifs is 1. The Morgan fingerprint density at radius 3 is 2.40 bits per heavy atom. The first-order chi connectivity index (χ1) is 12.2. The van der Waals surface area contributed by atoms with Gasteiger partial charge in [0, 0.05) is 24.9 Å². The molecule has 0 atom stereocenters. The van der Waals surface area contributed by atoms with Gasteiger partial charge in [-0.15, -0.1) is 10.2 Å². The number of hydrogen-bond donors (Lipinski definition) is 0. The zero-order valence-electron chi connectivity index (χ0n) is 14.0. The summed E-state index contributed by atoms with van der Waals surface area (Å²) in [6.07, 6.45) is 4.43. The summed E-state index contributed by atoms with van der Waals surface area (Å²) < 4.78 is 6.98. The van der Waals surface area contributed by atoms with Crippen LogP contribution in [0.15, 0.2) is 16.5 Å². The Labute approximate surface area is 155 Å². The molecule has 7 heteroatoms. The molecular formula is C18H19ClN4OS. The van der Waals surface area contributed by atoms with Gasteiger partial charge in [-0.1, -0.05) is 29.0 Å². The number of piperidine rings is 1. The first-order valence-corrected chi connectivity index (χ1v) is 10.0. The lowest BCUT2D eigenvalue weighted by Crippen LogP contribution is -2.32. The summed E-state index contributed by atoms with van der Waals surface area (Å²) in [5.41, 5.74) is 2.20. The van der Waals surface area contributed by atoms with E-state index in [1.807, 2.05) is 12.1 Å². The number of benzene rings is 1. The Bertz CT molecular complexity index is 885. The van der Waals surface area contributed by atoms with Crippen LogP contribution in [-0.2, 0) is 0 Å². The van der Waals surface area contributed by atoms with Crippen molar-refractivity contribution in [2.24, 2.45) is 0 Å². The Hall–Kier alpha value is -1.66. The summed E-state index contributed by atoms with van der Waals surface area (Å²) in [5.74, 6) is 2.56. The Kier molecular flexibility index (Phi) is 3.71. The number of nitrogens with zero attached hydrogens (tertiary/aromatic N) is 4. The number of aryl methyl sites for hydroxylation is 1. The first kappa shape index (κ1) is 15.6. The summed E-state index contributed by atoms with van der Waals surface area (Å²) in [6.45, 7) is 4.01. The van der Waals surface area contributed by atoms with Crippen LogP contribution in [0.5, 0.6) is 0 Å². The molecule has 5 rings (SSSR count). The molecule has 0 radical (unpaired) electrons. The maximum atomic E-state index is 6.34. The van der Waals surface area contributed by atoms with Crippen molar-refractivity contribution in [1.82, 2.24) is 15.2 Å². The molecule has 25 heavy (non-hydrogen) atoms. The fourth-order valence-corrected chi connectivity index (χ4v) is 4.82. The van der Waals surface area contributed by atoms with Crippen LogP contribution in [0.4, 0.5) is 5.13 Å². The quantitative estimate of drug-likeness (QED) is 0.652. The molecule has 1 saturated carbocycles. The fourth-order valence-electron chi connectivity index (χ4n) is 3.45. The van der Waals surface area contributed by atoms with Gasteiger partial charge in [0.1, 0.15) is 0 Å². The third-order valence-electron chi connectivity index (χ3n) is 5.18. The zero-order chi connectivity index (χ0) is 17.0. The van der Waals surface area contributed by atoms with Crippen molar-refractivity contribution in [3.63, 3.8) is 0 Å². The van der Waals surface area contributed by atoms with Crippen LogP contribution in [0, 0.1) is 6.92 Å². The molecule has 5 nitrogen and oxygen atoms in total. The van der Waals surface area contributed by atoms with Crippen LogP contribution >= 0.6 is 22.9 Å². The standard InChI is InChI=1S/C18H19ClN4OS/c1-10-2-5-13(19)15-14(10)20-18(25-15)23-8-6-12(7-9-23)17-22-21-16(24-17)11-3-4-11/h2,5,11-12H,3-4,6-9H2,1H3. The van der Waals surface area contributed by atoms with Gasteiger partial charge in [0.25, 0.3) is 0 Å². The van der Waals surface area contributed by atoms with E-state index in [1.165, 1.54) is 18.4 Å². The lowest BCUT2D eigenvalue weighted by Gasteiger charge is -2.30. The molecule has 0 amide bonds. The average Bonchev–Trinajstić information content (AvgIpc) is 3.19. The minimum atomic E-state index is 0.371. The highest BCUT2D eigenvalue weighted by molar-refractivity contribution is 7.22. The Balaban J connectivity index is 1.32. The molecule has 0 unspecified atom stereocenters. The van der Waals surface area contributed by atoms with Gasteiger partial charge in [0.05, 0.1) is 15.2 Å². The summed E-state index contributed by atoms with van der Waals surface area (Å²) in [7, 11) is 0. The number of thiazole rings is 1.